The van der Waals surface area contributed by atoms with E-state index >= 15 is 0 Å². The van der Waals surface area contributed by atoms with Crippen molar-refractivity contribution < 1.29 is 8.42 Å². The maximum absolute atomic E-state index is 12.4. The van der Waals surface area contributed by atoms with Crippen molar-refractivity contribution in [1.82, 2.24) is 10.0 Å². The largest absolute Gasteiger partial charge is 0.316 e. The molecule has 5 heteroatoms. The van der Waals surface area contributed by atoms with Gasteiger partial charge in [0, 0.05) is 13.1 Å². The maximum atomic E-state index is 12.4. The predicted octanol–water partition coefficient (Wildman–Crippen LogP) is 2.12. The molecule has 0 bridgehead atoms. The molecule has 0 heterocycles. The molecule has 0 amide bonds. The van der Waals surface area contributed by atoms with Crippen LogP contribution >= 0.6 is 0 Å². The molecule has 0 radical (unpaired) electrons. The molecule has 2 aliphatic rings. The molecule has 0 aromatic heterocycles. The normalized spacial score (nSPS) is 19.1. The molecule has 0 saturated heterocycles. The molecule has 0 aliphatic heterocycles. The van der Waals surface area contributed by atoms with Gasteiger partial charge >= 0.3 is 0 Å². The van der Waals surface area contributed by atoms with Crippen LogP contribution in [-0.2, 0) is 16.6 Å². The molecule has 0 spiro atoms. The molecular weight excluding hydrogens is 284 g/mol. The van der Waals surface area contributed by atoms with Gasteiger partial charge in [-0.15, -0.1) is 0 Å². The van der Waals surface area contributed by atoms with E-state index in [4.69, 9.17) is 0 Å². The summed E-state index contributed by atoms with van der Waals surface area (Å²) >= 11 is 0. The van der Waals surface area contributed by atoms with Crippen LogP contribution in [0.1, 0.15) is 31.2 Å². The van der Waals surface area contributed by atoms with Crippen molar-refractivity contribution in [1.29, 1.82) is 0 Å². The Morgan fingerprint density at radius 2 is 1.86 bits per heavy atom. The van der Waals surface area contributed by atoms with Crippen LogP contribution < -0.4 is 10.0 Å². The van der Waals surface area contributed by atoms with E-state index in [0.29, 0.717) is 23.9 Å². The molecular formula is C16H24N2O2S. The molecule has 0 atom stereocenters. The van der Waals surface area contributed by atoms with Crippen LogP contribution in [0.4, 0.5) is 0 Å². The lowest BCUT2D eigenvalue weighted by molar-refractivity contribution is 0.401. The molecule has 1 aromatic carbocycles. The minimum atomic E-state index is -3.39. The van der Waals surface area contributed by atoms with Crippen LogP contribution in [0.5, 0.6) is 0 Å². The molecule has 2 fully saturated rings. The van der Waals surface area contributed by atoms with Crippen molar-refractivity contribution in [2.75, 3.05) is 13.6 Å². The molecule has 21 heavy (non-hydrogen) atoms. The van der Waals surface area contributed by atoms with Gasteiger partial charge < -0.3 is 5.32 Å². The fourth-order valence-corrected chi connectivity index (χ4v) is 4.23. The van der Waals surface area contributed by atoms with E-state index in [-0.39, 0.29) is 0 Å². The van der Waals surface area contributed by atoms with Gasteiger partial charge in [-0.1, -0.05) is 12.1 Å². The van der Waals surface area contributed by atoms with Gasteiger partial charge in [0.1, 0.15) is 0 Å². The maximum Gasteiger partial charge on any atom is 0.240 e. The summed E-state index contributed by atoms with van der Waals surface area (Å²) in [6, 6.07) is 7.17. The van der Waals surface area contributed by atoms with Crippen molar-refractivity contribution >= 4 is 10.0 Å². The van der Waals surface area contributed by atoms with Gasteiger partial charge in [-0.3, -0.25) is 0 Å². The van der Waals surface area contributed by atoms with Crippen molar-refractivity contribution in [2.24, 2.45) is 17.8 Å². The molecule has 2 aliphatic carbocycles. The second-order valence-corrected chi connectivity index (χ2v) is 8.14. The Balaban J connectivity index is 1.66. The van der Waals surface area contributed by atoms with E-state index in [1.165, 1.54) is 25.7 Å². The summed E-state index contributed by atoms with van der Waals surface area (Å²) in [5, 5.41) is 3.04. The summed E-state index contributed by atoms with van der Waals surface area (Å²) in [4.78, 5) is 0.376. The van der Waals surface area contributed by atoms with Crippen LogP contribution in [0.15, 0.2) is 29.2 Å². The topological polar surface area (TPSA) is 58.2 Å². The highest BCUT2D eigenvalue weighted by atomic mass is 32.2. The van der Waals surface area contributed by atoms with Crippen LogP contribution in [0, 0.1) is 17.8 Å². The number of hydrogen-bond acceptors (Lipinski definition) is 3. The highest BCUT2D eigenvalue weighted by Crippen LogP contribution is 2.48. The number of rotatable bonds is 8. The number of sulfonamides is 1. The van der Waals surface area contributed by atoms with Crippen molar-refractivity contribution in [3.63, 3.8) is 0 Å². The Labute approximate surface area is 127 Å². The molecule has 4 nitrogen and oxygen atoms in total. The van der Waals surface area contributed by atoms with E-state index < -0.39 is 10.0 Å². The van der Waals surface area contributed by atoms with Gasteiger partial charge in [0.2, 0.25) is 10.0 Å². The smallest absolute Gasteiger partial charge is 0.240 e. The molecule has 1 aromatic rings. The summed E-state index contributed by atoms with van der Waals surface area (Å²) in [7, 11) is -1.53. The zero-order valence-corrected chi connectivity index (χ0v) is 13.3. The first-order chi connectivity index (χ1) is 10.1. The van der Waals surface area contributed by atoms with E-state index in [9.17, 15) is 8.42 Å². The zero-order chi connectivity index (χ0) is 14.9. The fraction of sp³-hybridized carbons (Fsp3) is 0.625. The minimum absolute atomic E-state index is 0.376. The van der Waals surface area contributed by atoms with E-state index in [2.05, 4.69) is 10.0 Å². The Kier molecular flexibility index (Phi) is 4.33. The lowest BCUT2D eigenvalue weighted by Gasteiger charge is -2.16. The first kappa shape index (κ1) is 15.0. The minimum Gasteiger partial charge on any atom is -0.316 e. The number of hydrogen-bond donors (Lipinski definition) is 2. The first-order valence-electron chi connectivity index (χ1n) is 7.83. The Morgan fingerprint density at radius 1 is 1.19 bits per heavy atom. The third kappa shape index (κ3) is 3.84. The van der Waals surface area contributed by atoms with Gasteiger partial charge in [-0.25, -0.2) is 13.1 Å². The lowest BCUT2D eigenvalue weighted by Crippen LogP contribution is -2.31. The van der Waals surface area contributed by atoms with Crippen LogP contribution in [-0.4, -0.2) is 22.0 Å². The standard InChI is InChI=1S/C16H24N2O2S/c1-17-10-12-3-2-4-15(9-12)21(19,20)18-11-16(13-5-6-13)14-7-8-14/h2-4,9,13-14,16-18H,5-8,10-11H2,1H3. The second-order valence-electron chi connectivity index (χ2n) is 6.37. The average Bonchev–Trinajstić information content (AvgIpc) is 3.34. The van der Waals surface area contributed by atoms with E-state index in [0.717, 1.165) is 17.4 Å². The molecule has 0 unspecified atom stereocenters. The van der Waals surface area contributed by atoms with Gasteiger partial charge in [-0.05, 0) is 68.2 Å². The highest BCUT2D eigenvalue weighted by Gasteiger charge is 2.41. The van der Waals surface area contributed by atoms with Crippen molar-refractivity contribution in [2.45, 2.75) is 37.1 Å². The van der Waals surface area contributed by atoms with Crippen molar-refractivity contribution in [3.05, 3.63) is 29.8 Å². The molecule has 2 N–H and O–H groups in total. The quantitative estimate of drug-likeness (QED) is 0.773. The summed E-state index contributed by atoms with van der Waals surface area (Å²) in [5.41, 5.74) is 0.987. The molecule has 3 rings (SSSR count). The summed E-state index contributed by atoms with van der Waals surface area (Å²) < 4.78 is 27.7. The Morgan fingerprint density at radius 3 is 2.43 bits per heavy atom. The SMILES string of the molecule is CNCc1cccc(S(=O)(=O)NCC(C2CC2)C2CC2)c1. The lowest BCUT2D eigenvalue weighted by atomic mass is 9.99. The van der Waals surface area contributed by atoms with Crippen LogP contribution in [0.2, 0.25) is 0 Å². The van der Waals surface area contributed by atoms with Gasteiger partial charge in [-0.2, -0.15) is 0 Å². The monoisotopic (exact) mass is 308 g/mol. The summed E-state index contributed by atoms with van der Waals surface area (Å²) in [6.45, 7) is 1.28. The fourth-order valence-electron chi connectivity index (χ4n) is 3.08. The third-order valence-corrected chi connectivity index (χ3v) is 5.97. The predicted molar refractivity (Wildman–Crippen MR) is 83.3 cm³/mol. The Bertz CT molecular complexity index is 580. The first-order valence-corrected chi connectivity index (χ1v) is 9.31. The number of nitrogens with one attached hydrogen (secondary N) is 2. The van der Waals surface area contributed by atoms with Crippen molar-refractivity contribution in [3.8, 4) is 0 Å². The van der Waals surface area contributed by atoms with Gasteiger partial charge in [0.25, 0.3) is 0 Å². The van der Waals surface area contributed by atoms with Gasteiger partial charge in [0.05, 0.1) is 4.90 Å². The second kappa shape index (κ2) is 6.07. The van der Waals surface area contributed by atoms with Gasteiger partial charge in [0.15, 0.2) is 0 Å². The highest BCUT2D eigenvalue weighted by molar-refractivity contribution is 7.89. The zero-order valence-electron chi connectivity index (χ0n) is 12.5. The molecule has 2 saturated carbocycles. The van der Waals surface area contributed by atoms with E-state index in [1.807, 2.05) is 13.1 Å². The molecule has 116 valence electrons. The van der Waals surface area contributed by atoms with Crippen LogP contribution in [0.25, 0.3) is 0 Å². The van der Waals surface area contributed by atoms with E-state index in [1.54, 1.807) is 18.2 Å². The third-order valence-electron chi connectivity index (χ3n) is 4.55. The average molecular weight is 308 g/mol. The summed E-state index contributed by atoms with van der Waals surface area (Å²) in [5.74, 6) is 2.08. The summed E-state index contributed by atoms with van der Waals surface area (Å²) in [6.07, 6.45) is 5.11. The number of benzene rings is 1. The van der Waals surface area contributed by atoms with Crippen LogP contribution in [0.3, 0.4) is 0 Å². The Hall–Kier alpha value is -0.910.